The Morgan fingerprint density at radius 3 is 2.71 bits per heavy atom. The van der Waals surface area contributed by atoms with Gasteiger partial charge in [0.15, 0.2) is 0 Å². The van der Waals surface area contributed by atoms with Gasteiger partial charge in [0.25, 0.3) is 0 Å². The molecule has 6 nitrogen and oxygen atoms in total. The molecule has 1 heterocycles. The van der Waals surface area contributed by atoms with Gasteiger partial charge in [-0.15, -0.1) is 0 Å². The van der Waals surface area contributed by atoms with Crippen LogP contribution in [-0.2, 0) is 10.0 Å². The molecule has 0 bridgehead atoms. The van der Waals surface area contributed by atoms with E-state index in [1.807, 2.05) is 6.92 Å². The zero-order valence-corrected chi connectivity index (χ0v) is 18.6. The van der Waals surface area contributed by atoms with Crippen LogP contribution in [0.4, 0.5) is 4.39 Å². The predicted molar refractivity (Wildman–Crippen MR) is 117 cm³/mol. The van der Waals surface area contributed by atoms with E-state index in [4.69, 9.17) is 4.74 Å². The highest BCUT2D eigenvalue weighted by molar-refractivity contribution is 7.89. The summed E-state index contributed by atoms with van der Waals surface area (Å²) in [5.41, 5.74) is 0.766. The lowest BCUT2D eigenvalue weighted by Crippen LogP contribution is -2.49. The summed E-state index contributed by atoms with van der Waals surface area (Å²) in [6.45, 7) is 4.05. The Morgan fingerprint density at radius 2 is 2.03 bits per heavy atom. The fourth-order valence-corrected chi connectivity index (χ4v) is 5.28. The zero-order valence-electron chi connectivity index (χ0n) is 17.8. The van der Waals surface area contributed by atoms with Crippen LogP contribution in [0.5, 0.6) is 5.75 Å². The summed E-state index contributed by atoms with van der Waals surface area (Å²) in [6.07, 6.45) is -0.289. The van der Waals surface area contributed by atoms with Crippen molar-refractivity contribution in [3.05, 3.63) is 59.4 Å². The first-order valence-corrected chi connectivity index (χ1v) is 11.6. The summed E-state index contributed by atoms with van der Waals surface area (Å²) in [6, 6.07) is 10.2. The number of nitrogens with zero attached hydrogens (tertiary/aromatic N) is 1. The Kier molecular flexibility index (Phi) is 7.34. The second kappa shape index (κ2) is 9.79. The number of benzene rings is 2. The van der Waals surface area contributed by atoms with Crippen LogP contribution < -0.4 is 10.1 Å². The van der Waals surface area contributed by atoms with Crippen LogP contribution in [0.2, 0.25) is 0 Å². The molecule has 31 heavy (non-hydrogen) atoms. The normalized spacial score (nSPS) is 21.6. The van der Waals surface area contributed by atoms with Gasteiger partial charge >= 0.3 is 0 Å². The fraction of sp³-hybridized carbons (Fsp3) is 0.391. The molecule has 0 saturated carbocycles. The number of ether oxygens (including phenoxy) is 1. The van der Waals surface area contributed by atoms with Crippen LogP contribution in [0.25, 0.3) is 0 Å². The number of likely N-dealkylation sites (N-methyl/N-ethyl adjacent to an activating group) is 1. The predicted octanol–water partition coefficient (Wildman–Crippen LogP) is 2.21. The standard InChI is InChI=1S/C23H27FN2O4S/c1-16-14-26(17(2)15-27)31(28,29)23-11-9-18(12-21(23)30-22(16)13-25-3)8-10-19-6-4-5-7-20(19)24/h4-7,9,11-12,16-17,22,25,27H,13-15H2,1-3H3/t16-,17+,22+/m0/s1. The smallest absolute Gasteiger partial charge is 0.247 e. The van der Waals surface area contributed by atoms with Crippen molar-refractivity contribution in [3.63, 3.8) is 0 Å². The maximum absolute atomic E-state index is 13.9. The van der Waals surface area contributed by atoms with Crippen LogP contribution in [-0.4, -0.2) is 56.7 Å². The molecule has 0 saturated heterocycles. The maximum Gasteiger partial charge on any atom is 0.247 e. The molecule has 0 aliphatic carbocycles. The lowest BCUT2D eigenvalue weighted by molar-refractivity contribution is 0.103. The van der Waals surface area contributed by atoms with Crippen molar-refractivity contribution in [2.45, 2.75) is 30.9 Å². The van der Waals surface area contributed by atoms with Crippen LogP contribution in [0, 0.1) is 23.6 Å². The van der Waals surface area contributed by atoms with Crippen molar-refractivity contribution in [1.29, 1.82) is 0 Å². The first-order valence-electron chi connectivity index (χ1n) is 10.1. The van der Waals surface area contributed by atoms with E-state index in [-0.39, 0.29) is 41.4 Å². The molecule has 0 fully saturated rings. The highest BCUT2D eigenvalue weighted by Crippen LogP contribution is 2.33. The minimum Gasteiger partial charge on any atom is -0.487 e. The molecule has 3 atom stereocenters. The average Bonchev–Trinajstić information content (AvgIpc) is 2.75. The first-order chi connectivity index (χ1) is 14.8. The van der Waals surface area contributed by atoms with Crippen LogP contribution in [0.3, 0.4) is 0 Å². The van der Waals surface area contributed by atoms with Crippen LogP contribution in [0.1, 0.15) is 25.0 Å². The molecular formula is C23H27FN2O4S. The quantitative estimate of drug-likeness (QED) is 0.704. The number of aliphatic hydroxyl groups excluding tert-OH is 1. The van der Waals surface area contributed by atoms with Gasteiger partial charge in [-0.1, -0.05) is 30.9 Å². The number of rotatable bonds is 4. The van der Waals surface area contributed by atoms with E-state index in [1.54, 1.807) is 44.3 Å². The molecule has 2 aromatic rings. The second-order valence-electron chi connectivity index (χ2n) is 7.69. The molecular weight excluding hydrogens is 419 g/mol. The fourth-order valence-electron chi connectivity index (χ4n) is 3.45. The Labute approximate surface area is 183 Å². The van der Waals surface area contributed by atoms with E-state index in [0.29, 0.717) is 12.1 Å². The number of halogens is 1. The van der Waals surface area contributed by atoms with Gasteiger partial charge in [0, 0.05) is 30.6 Å². The number of aliphatic hydroxyl groups is 1. The molecule has 0 aromatic heterocycles. The van der Waals surface area contributed by atoms with Gasteiger partial charge in [0.05, 0.1) is 12.2 Å². The Bertz CT molecular complexity index is 1090. The molecule has 3 rings (SSSR count). The third kappa shape index (κ3) is 5.08. The molecule has 0 unspecified atom stereocenters. The average molecular weight is 447 g/mol. The monoisotopic (exact) mass is 446 g/mol. The molecule has 1 aliphatic heterocycles. The van der Waals surface area contributed by atoms with Crippen molar-refractivity contribution in [2.75, 3.05) is 26.7 Å². The molecule has 166 valence electrons. The van der Waals surface area contributed by atoms with Gasteiger partial charge in [0.2, 0.25) is 10.0 Å². The number of hydrogen-bond donors (Lipinski definition) is 2. The molecule has 0 radical (unpaired) electrons. The summed E-state index contributed by atoms with van der Waals surface area (Å²) in [5.74, 6) is 5.31. The molecule has 8 heteroatoms. The van der Waals surface area contributed by atoms with Crippen molar-refractivity contribution in [1.82, 2.24) is 9.62 Å². The van der Waals surface area contributed by atoms with Gasteiger partial charge in [-0.2, -0.15) is 4.31 Å². The van der Waals surface area contributed by atoms with Crippen LogP contribution >= 0.6 is 0 Å². The minimum atomic E-state index is -3.90. The number of hydrogen-bond acceptors (Lipinski definition) is 5. The van der Waals surface area contributed by atoms with Gasteiger partial charge < -0.3 is 15.2 Å². The number of sulfonamides is 1. The molecule has 1 aliphatic rings. The Morgan fingerprint density at radius 1 is 1.29 bits per heavy atom. The molecule has 0 spiro atoms. The van der Waals surface area contributed by atoms with Crippen molar-refractivity contribution >= 4 is 10.0 Å². The number of fused-ring (bicyclic) bond motifs is 1. The third-order valence-electron chi connectivity index (χ3n) is 5.29. The van der Waals surface area contributed by atoms with E-state index in [2.05, 4.69) is 17.2 Å². The first kappa shape index (κ1) is 23.2. The molecule has 2 aromatic carbocycles. The van der Waals surface area contributed by atoms with Gasteiger partial charge in [-0.3, -0.25) is 0 Å². The SMILES string of the molecule is CNC[C@H]1Oc2cc(C#Cc3ccccc3F)ccc2S(=O)(=O)N([C@H](C)CO)C[C@@H]1C. The maximum atomic E-state index is 13.9. The Balaban J connectivity index is 2.08. The summed E-state index contributed by atoms with van der Waals surface area (Å²) >= 11 is 0. The largest absolute Gasteiger partial charge is 0.487 e. The van der Waals surface area contributed by atoms with E-state index in [1.165, 1.54) is 16.4 Å². The number of nitrogens with one attached hydrogen (secondary N) is 1. The van der Waals surface area contributed by atoms with E-state index in [9.17, 15) is 17.9 Å². The summed E-state index contributed by atoms with van der Waals surface area (Å²) in [5, 5.41) is 12.7. The summed E-state index contributed by atoms with van der Waals surface area (Å²) in [4.78, 5) is 0.0252. The van der Waals surface area contributed by atoms with E-state index >= 15 is 0 Å². The van der Waals surface area contributed by atoms with Crippen molar-refractivity contribution in [3.8, 4) is 17.6 Å². The summed E-state index contributed by atoms with van der Waals surface area (Å²) < 4.78 is 48.0. The van der Waals surface area contributed by atoms with Crippen molar-refractivity contribution in [2.24, 2.45) is 5.92 Å². The minimum absolute atomic E-state index is 0.0252. The van der Waals surface area contributed by atoms with Gasteiger partial charge in [-0.25, -0.2) is 12.8 Å². The highest BCUT2D eigenvalue weighted by atomic mass is 32.2. The lowest BCUT2D eigenvalue weighted by atomic mass is 10.0. The second-order valence-corrected chi connectivity index (χ2v) is 9.55. The van der Waals surface area contributed by atoms with Gasteiger partial charge in [-0.05, 0) is 44.3 Å². The lowest BCUT2D eigenvalue weighted by Gasteiger charge is -2.36. The Hall–Kier alpha value is -2.44. The van der Waals surface area contributed by atoms with Crippen molar-refractivity contribution < 1.29 is 22.7 Å². The summed E-state index contributed by atoms with van der Waals surface area (Å²) in [7, 11) is -2.09. The highest BCUT2D eigenvalue weighted by Gasteiger charge is 2.37. The molecule has 0 amide bonds. The van der Waals surface area contributed by atoms with E-state index in [0.717, 1.165) is 0 Å². The third-order valence-corrected chi connectivity index (χ3v) is 7.31. The molecule has 2 N–H and O–H groups in total. The van der Waals surface area contributed by atoms with Gasteiger partial charge in [0.1, 0.15) is 22.6 Å². The van der Waals surface area contributed by atoms with Crippen LogP contribution in [0.15, 0.2) is 47.4 Å². The zero-order chi connectivity index (χ0) is 22.6. The topological polar surface area (TPSA) is 78.9 Å². The van der Waals surface area contributed by atoms with E-state index < -0.39 is 21.9 Å².